The van der Waals surface area contributed by atoms with E-state index in [2.05, 4.69) is 34.2 Å². The molecular weight excluding hydrogens is 400 g/mol. The van der Waals surface area contributed by atoms with Gasteiger partial charge >= 0.3 is 0 Å². The van der Waals surface area contributed by atoms with Crippen molar-refractivity contribution in [1.29, 1.82) is 0 Å². The van der Waals surface area contributed by atoms with Crippen molar-refractivity contribution in [3.8, 4) is 11.3 Å². The van der Waals surface area contributed by atoms with Gasteiger partial charge in [-0.15, -0.1) is 0 Å². The molecule has 2 aromatic carbocycles. The minimum absolute atomic E-state index is 0.0217. The van der Waals surface area contributed by atoms with E-state index in [1.54, 1.807) is 0 Å². The molecule has 6 nitrogen and oxygen atoms in total. The molecule has 1 aromatic heterocycles. The van der Waals surface area contributed by atoms with Crippen LogP contribution in [0.3, 0.4) is 0 Å². The lowest BCUT2D eigenvalue weighted by Gasteiger charge is -2.34. The zero-order valence-electron chi connectivity index (χ0n) is 18.4. The van der Waals surface area contributed by atoms with Crippen molar-refractivity contribution in [2.45, 2.75) is 13.5 Å². The lowest BCUT2D eigenvalue weighted by atomic mass is 10.1. The van der Waals surface area contributed by atoms with Gasteiger partial charge in [-0.1, -0.05) is 72.3 Å². The fourth-order valence-corrected chi connectivity index (χ4v) is 3.75. The third kappa shape index (κ3) is 5.59. The number of hydrogen-bond acceptors (Lipinski definition) is 4. The molecule has 0 atom stereocenters. The van der Waals surface area contributed by atoms with E-state index in [0.717, 1.165) is 30.8 Å². The van der Waals surface area contributed by atoms with Crippen LogP contribution in [0.1, 0.15) is 11.1 Å². The Morgan fingerprint density at radius 1 is 1.00 bits per heavy atom. The van der Waals surface area contributed by atoms with Crippen LogP contribution in [0.5, 0.6) is 0 Å². The Bertz CT molecular complexity index is 1130. The Morgan fingerprint density at radius 2 is 1.72 bits per heavy atom. The molecule has 6 heteroatoms. The summed E-state index contributed by atoms with van der Waals surface area (Å²) < 4.78 is 1.38. The van der Waals surface area contributed by atoms with Gasteiger partial charge in [-0.25, -0.2) is 4.98 Å². The number of benzene rings is 2. The molecule has 1 aliphatic heterocycles. The van der Waals surface area contributed by atoms with Gasteiger partial charge in [0.05, 0.1) is 12.0 Å². The Kier molecular flexibility index (Phi) is 6.92. The number of carbonyl (C=O) groups excluding carboxylic acids is 1. The van der Waals surface area contributed by atoms with E-state index in [-0.39, 0.29) is 18.0 Å². The average molecular weight is 429 g/mol. The first-order valence-corrected chi connectivity index (χ1v) is 10.9. The highest BCUT2D eigenvalue weighted by Gasteiger charge is 2.21. The normalized spacial score (nSPS) is 14.7. The number of carbonyl (C=O) groups is 1. The van der Waals surface area contributed by atoms with Crippen LogP contribution in [0.15, 0.2) is 77.9 Å². The zero-order chi connectivity index (χ0) is 22.3. The number of rotatable bonds is 6. The van der Waals surface area contributed by atoms with Crippen molar-refractivity contribution in [2.24, 2.45) is 0 Å². The van der Waals surface area contributed by atoms with Gasteiger partial charge < -0.3 is 4.90 Å². The Morgan fingerprint density at radius 3 is 2.41 bits per heavy atom. The molecular formula is C26H28N4O2. The summed E-state index contributed by atoms with van der Waals surface area (Å²) in [7, 11) is 0. The summed E-state index contributed by atoms with van der Waals surface area (Å²) in [6, 6.07) is 19.6. The fraction of sp³-hybridized carbons (Fsp3) is 0.269. The first-order valence-electron chi connectivity index (χ1n) is 10.9. The van der Waals surface area contributed by atoms with Crippen molar-refractivity contribution >= 4 is 12.0 Å². The van der Waals surface area contributed by atoms with Gasteiger partial charge in [0.15, 0.2) is 0 Å². The van der Waals surface area contributed by atoms with E-state index in [0.29, 0.717) is 18.8 Å². The molecule has 0 unspecified atom stereocenters. The maximum absolute atomic E-state index is 12.7. The molecule has 1 amide bonds. The molecule has 0 saturated carbocycles. The minimum Gasteiger partial charge on any atom is -0.339 e. The summed E-state index contributed by atoms with van der Waals surface area (Å²) in [6.07, 6.45) is 5.75. The second-order valence-corrected chi connectivity index (χ2v) is 8.10. The molecule has 1 saturated heterocycles. The van der Waals surface area contributed by atoms with Crippen molar-refractivity contribution in [3.05, 3.63) is 94.5 Å². The number of amides is 1. The highest BCUT2D eigenvalue weighted by molar-refractivity contribution is 5.76. The predicted octanol–water partition coefficient (Wildman–Crippen LogP) is 3.08. The lowest BCUT2D eigenvalue weighted by molar-refractivity contribution is -0.133. The molecule has 0 spiro atoms. The van der Waals surface area contributed by atoms with Crippen LogP contribution >= 0.6 is 0 Å². The third-order valence-corrected chi connectivity index (χ3v) is 5.73. The van der Waals surface area contributed by atoms with Crippen LogP contribution in [0.25, 0.3) is 17.3 Å². The maximum atomic E-state index is 12.7. The molecule has 1 fully saturated rings. The van der Waals surface area contributed by atoms with Gasteiger partial charge in [-0.05, 0) is 12.5 Å². The SMILES string of the molecule is Cc1ccc(-c2cc(=O)n(CC(=O)N3CCN(C/C=C/c4ccccc4)CC3)cn2)cc1. The van der Waals surface area contributed by atoms with E-state index in [4.69, 9.17) is 0 Å². The molecule has 4 rings (SSSR count). The Labute approximate surface area is 188 Å². The first kappa shape index (κ1) is 21.7. The van der Waals surface area contributed by atoms with Crippen LogP contribution in [0, 0.1) is 6.92 Å². The summed E-state index contributed by atoms with van der Waals surface area (Å²) >= 11 is 0. The summed E-state index contributed by atoms with van der Waals surface area (Å²) in [4.78, 5) is 33.8. The average Bonchev–Trinajstić information content (AvgIpc) is 2.82. The van der Waals surface area contributed by atoms with E-state index < -0.39 is 0 Å². The summed E-state index contributed by atoms with van der Waals surface area (Å²) in [5.74, 6) is -0.0449. The largest absolute Gasteiger partial charge is 0.339 e. The molecule has 164 valence electrons. The smallest absolute Gasteiger partial charge is 0.254 e. The summed E-state index contributed by atoms with van der Waals surface area (Å²) in [5.41, 5.74) is 3.64. The van der Waals surface area contributed by atoms with Crippen LogP contribution < -0.4 is 5.56 Å². The molecule has 32 heavy (non-hydrogen) atoms. The van der Waals surface area contributed by atoms with Gasteiger partial charge in [0.25, 0.3) is 5.56 Å². The monoisotopic (exact) mass is 428 g/mol. The van der Waals surface area contributed by atoms with Gasteiger partial charge in [0.1, 0.15) is 6.54 Å². The van der Waals surface area contributed by atoms with Crippen LogP contribution in [0.4, 0.5) is 0 Å². The van der Waals surface area contributed by atoms with Crippen molar-refractivity contribution in [2.75, 3.05) is 32.7 Å². The fourth-order valence-electron chi connectivity index (χ4n) is 3.75. The minimum atomic E-state index is -0.214. The third-order valence-electron chi connectivity index (χ3n) is 5.73. The Hall–Kier alpha value is -3.51. The first-order chi connectivity index (χ1) is 15.6. The topological polar surface area (TPSA) is 58.4 Å². The predicted molar refractivity (Wildman–Crippen MR) is 127 cm³/mol. The standard InChI is InChI=1S/C26H28N4O2/c1-21-9-11-23(12-10-21)24-18-25(31)30(20-27-24)19-26(32)29-16-14-28(15-17-29)13-5-8-22-6-3-2-4-7-22/h2-12,18,20H,13-17,19H2,1H3/b8-5+. The number of piperazine rings is 1. The van der Waals surface area contributed by atoms with Crippen LogP contribution in [0.2, 0.25) is 0 Å². The Balaban J connectivity index is 1.29. The van der Waals surface area contributed by atoms with E-state index in [1.165, 1.54) is 22.5 Å². The molecule has 2 heterocycles. The second-order valence-electron chi connectivity index (χ2n) is 8.10. The molecule has 1 aliphatic rings. The lowest BCUT2D eigenvalue weighted by Crippen LogP contribution is -2.49. The number of aromatic nitrogens is 2. The number of aryl methyl sites for hydroxylation is 1. The highest BCUT2D eigenvalue weighted by atomic mass is 16.2. The van der Waals surface area contributed by atoms with Crippen molar-refractivity contribution in [3.63, 3.8) is 0 Å². The van der Waals surface area contributed by atoms with Gasteiger partial charge in [0.2, 0.25) is 5.91 Å². The van der Waals surface area contributed by atoms with E-state index >= 15 is 0 Å². The molecule has 0 bridgehead atoms. The van der Waals surface area contributed by atoms with Crippen molar-refractivity contribution in [1.82, 2.24) is 19.4 Å². The van der Waals surface area contributed by atoms with Gasteiger partial charge in [-0.2, -0.15) is 0 Å². The van der Waals surface area contributed by atoms with E-state index in [1.807, 2.05) is 54.3 Å². The maximum Gasteiger partial charge on any atom is 0.254 e. The molecule has 0 radical (unpaired) electrons. The number of nitrogens with zero attached hydrogens (tertiary/aromatic N) is 4. The van der Waals surface area contributed by atoms with Crippen LogP contribution in [-0.2, 0) is 11.3 Å². The van der Waals surface area contributed by atoms with Gasteiger partial charge in [-0.3, -0.25) is 19.1 Å². The molecule has 3 aromatic rings. The summed E-state index contributed by atoms with van der Waals surface area (Å²) in [6.45, 7) is 5.88. The highest BCUT2D eigenvalue weighted by Crippen LogP contribution is 2.15. The van der Waals surface area contributed by atoms with Gasteiger partial charge in [0, 0.05) is 44.4 Å². The van der Waals surface area contributed by atoms with E-state index in [9.17, 15) is 9.59 Å². The second kappa shape index (κ2) is 10.2. The summed E-state index contributed by atoms with van der Waals surface area (Å²) in [5, 5.41) is 0. The van der Waals surface area contributed by atoms with Crippen LogP contribution in [-0.4, -0.2) is 58.0 Å². The number of hydrogen-bond donors (Lipinski definition) is 0. The van der Waals surface area contributed by atoms with Crippen molar-refractivity contribution < 1.29 is 4.79 Å². The quantitative estimate of drug-likeness (QED) is 0.606. The molecule has 0 N–H and O–H groups in total. The zero-order valence-corrected chi connectivity index (χ0v) is 18.4. The molecule has 0 aliphatic carbocycles.